The molecule has 0 aliphatic rings. The minimum absolute atomic E-state index is 0.00387. The number of nitrogens with zero attached hydrogens (tertiary/aromatic N) is 3. The van der Waals surface area contributed by atoms with Gasteiger partial charge in [0, 0.05) is 30.4 Å². The summed E-state index contributed by atoms with van der Waals surface area (Å²) in [7, 11) is 1.62. The van der Waals surface area contributed by atoms with E-state index in [9.17, 15) is 4.79 Å². The van der Waals surface area contributed by atoms with Gasteiger partial charge in [0.1, 0.15) is 0 Å². The van der Waals surface area contributed by atoms with Crippen LogP contribution in [0.25, 0.3) is 5.65 Å². The molecule has 0 saturated carbocycles. The summed E-state index contributed by atoms with van der Waals surface area (Å²) < 4.78 is 12.9. The highest BCUT2D eigenvalue weighted by Crippen LogP contribution is 2.28. The predicted molar refractivity (Wildman–Crippen MR) is 116 cm³/mol. The maximum atomic E-state index is 12.4. The van der Waals surface area contributed by atoms with Crippen LogP contribution in [0.15, 0.2) is 24.3 Å². The smallest absolute Gasteiger partial charge is 0.220 e. The molecule has 3 rings (SSSR count). The van der Waals surface area contributed by atoms with E-state index >= 15 is 0 Å². The SMILES string of the molecule is CCCOc1ccc(CNC(=O)CCc2c(C)nc3cc(C)nn3c2C)cc1OC. The first-order valence-corrected chi connectivity index (χ1v) is 10.3. The first kappa shape index (κ1) is 21.6. The van der Waals surface area contributed by atoms with Gasteiger partial charge in [-0.2, -0.15) is 5.10 Å². The van der Waals surface area contributed by atoms with Crippen molar-refractivity contribution >= 4 is 11.6 Å². The number of aromatic nitrogens is 3. The zero-order chi connectivity index (χ0) is 21.7. The molecule has 0 atom stereocenters. The molecule has 0 spiro atoms. The Morgan fingerprint density at radius 2 is 1.97 bits per heavy atom. The van der Waals surface area contributed by atoms with Gasteiger partial charge in [-0.1, -0.05) is 13.0 Å². The second-order valence-corrected chi connectivity index (χ2v) is 7.43. The molecule has 0 aliphatic carbocycles. The molecule has 7 heteroatoms. The van der Waals surface area contributed by atoms with Gasteiger partial charge in [0.2, 0.25) is 5.91 Å². The van der Waals surface area contributed by atoms with E-state index in [2.05, 4.69) is 22.3 Å². The Balaban J connectivity index is 1.60. The van der Waals surface area contributed by atoms with Crippen LogP contribution in [0.1, 0.15) is 48.0 Å². The number of carbonyl (C=O) groups is 1. The minimum Gasteiger partial charge on any atom is -0.493 e. The van der Waals surface area contributed by atoms with Gasteiger partial charge in [-0.15, -0.1) is 0 Å². The molecule has 0 aliphatic heterocycles. The summed E-state index contributed by atoms with van der Waals surface area (Å²) in [5.41, 5.74) is 5.79. The lowest BCUT2D eigenvalue weighted by Gasteiger charge is -2.13. The molecule has 0 bridgehead atoms. The molecule has 1 amide bonds. The normalized spacial score (nSPS) is 11.0. The quantitative estimate of drug-likeness (QED) is 0.582. The first-order valence-electron chi connectivity index (χ1n) is 10.3. The standard InChI is InChI=1S/C23H30N4O3/c1-6-11-30-20-9-7-18(13-21(20)29-5)14-24-23(28)10-8-19-16(3)25-22-12-15(2)26-27(22)17(19)4/h7,9,12-13H,6,8,10-11,14H2,1-5H3,(H,24,28). The average molecular weight is 411 g/mol. The molecule has 160 valence electrons. The van der Waals surface area contributed by atoms with Gasteiger partial charge in [-0.05, 0) is 56.9 Å². The van der Waals surface area contributed by atoms with Gasteiger partial charge in [-0.3, -0.25) is 4.79 Å². The fourth-order valence-electron chi connectivity index (χ4n) is 3.48. The largest absolute Gasteiger partial charge is 0.493 e. The lowest BCUT2D eigenvalue weighted by Crippen LogP contribution is -2.23. The number of nitrogens with one attached hydrogen (secondary N) is 1. The van der Waals surface area contributed by atoms with Gasteiger partial charge in [0.15, 0.2) is 17.1 Å². The molecular weight excluding hydrogens is 380 g/mol. The Morgan fingerprint density at radius 1 is 1.17 bits per heavy atom. The summed E-state index contributed by atoms with van der Waals surface area (Å²) in [6.45, 7) is 9.10. The topological polar surface area (TPSA) is 77.8 Å². The summed E-state index contributed by atoms with van der Waals surface area (Å²) in [4.78, 5) is 17.1. The Morgan fingerprint density at radius 3 is 2.70 bits per heavy atom. The van der Waals surface area contributed by atoms with E-state index in [1.54, 1.807) is 7.11 Å². The van der Waals surface area contributed by atoms with Gasteiger partial charge in [0.25, 0.3) is 0 Å². The molecule has 1 N–H and O–H groups in total. The number of hydrogen-bond donors (Lipinski definition) is 1. The molecule has 3 aromatic rings. The van der Waals surface area contributed by atoms with E-state index in [0.717, 1.165) is 46.0 Å². The number of hydrogen-bond acceptors (Lipinski definition) is 5. The Hall–Kier alpha value is -3.09. The van der Waals surface area contributed by atoms with Gasteiger partial charge < -0.3 is 14.8 Å². The van der Waals surface area contributed by atoms with Gasteiger partial charge in [0.05, 0.1) is 19.4 Å². The van der Waals surface area contributed by atoms with E-state index in [1.165, 1.54) is 0 Å². The third kappa shape index (κ3) is 4.90. The van der Waals surface area contributed by atoms with Crippen LogP contribution in [-0.4, -0.2) is 34.2 Å². The zero-order valence-electron chi connectivity index (χ0n) is 18.4. The van der Waals surface area contributed by atoms with Crippen LogP contribution in [-0.2, 0) is 17.8 Å². The number of carbonyl (C=O) groups excluding carboxylic acids is 1. The molecule has 1 aromatic carbocycles. The number of ether oxygens (including phenoxy) is 2. The molecule has 0 radical (unpaired) electrons. The summed E-state index contributed by atoms with van der Waals surface area (Å²) >= 11 is 0. The van der Waals surface area contributed by atoms with Crippen molar-refractivity contribution < 1.29 is 14.3 Å². The zero-order valence-corrected chi connectivity index (χ0v) is 18.4. The third-order valence-electron chi connectivity index (χ3n) is 5.07. The third-order valence-corrected chi connectivity index (χ3v) is 5.07. The molecule has 7 nitrogen and oxygen atoms in total. The molecule has 0 unspecified atom stereocenters. The van der Waals surface area contributed by atoms with Crippen molar-refractivity contribution in [3.05, 3.63) is 52.5 Å². The highest BCUT2D eigenvalue weighted by Gasteiger charge is 2.13. The number of rotatable bonds is 9. The summed E-state index contributed by atoms with van der Waals surface area (Å²) in [5.74, 6) is 1.39. The number of fused-ring (bicyclic) bond motifs is 1. The number of aryl methyl sites for hydroxylation is 3. The molecular formula is C23H30N4O3. The van der Waals surface area contributed by atoms with Gasteiger partial charge >= 0.3 is 0 Å². The summed E-state index contributed by atoms with van der Waals surface area (Å²) in [5, 5.41) is 7.48. The lowest BCUT2D eigenvalue weighted by atomic mass is 10.1. The average Bonchev–Trinajstić information content (AvgIpc) is 3.11. The second-order valence-electron chi connectivity index (χ2n) is 7.43. The predicted octanol–water partition coefficient (Wildman–Crippen LogP) is 3.70. The van der Waals surface area contributed by atoms with Crippen molar-refractivity contribution in [3.8, 4) is 11.5 Å². The maximum Gasteiger partial charge on any atom is 0.220 e. The van der Waals surface area contributed by atoms with Crippen molar-refractivity contribution in [1.82, 2.24) is 19.9 Å². The first-order chi connectivity index (χ1) is 14.4. The van der Waals surface area contributed by atoms with Crippen molar-refractivity contribution in [3.63, 3.8) is 0 Å². The van der Waals surface area contributed by atoms with Crippen molar-refractivity contribution in [1.29, 1.82) is 0 Å². The highest BCUT2D eigenvalue weighted by molar-refractivity contribution is 5.76. The Labute approximate surface area is 177 Å². The van der Waals surface area contributed by atoms with E-state index in [1.807, 2.05) is 49.6 Å². The van der Waals surface area contributed by atoms with Crippen LogP contribution in [0, 0.1) is 20.8 Å². The maximum absolute atomic E-state index is 12.4. The van der Waals surface area contributed by atoms with Crippen LogP contribution < -0.4 is 14.8 Å². The van der Waals surface area contributed by atoms with Crippen molar-refractivity contribution in [2.24, 2.45) is 0 Å². The van der Waals surface area contributed by atoms with E-state index in [4.69, 9.17) is 9.47 Å². The number of amides is 1. The lowest BCUT2D eigenvalue weighted by molar-refractivity contribution is -0.121. The van der Waals surface area contributed by atoms with Crippen molar-refractivity contribution in [2.45, 2.75) is 53.5 Å². The van der Waals surface area contributed by atoms with Crippen molar-refractivity contribution in [2.75, 3.05) is 13.7 Å². The van der Waals surface area contributed by atoms with Crippen LogP contribution >= 0.6 is 0 Å². The Bertz CT molecular complexity index is 1040. The number of benzene rings is 1. The second kappa shape index (κ2) is 9.61. The van der Waals surface area contributed by atoms with E-state index < -0.39 is 0 Å². The van der Waals surface area contributed by atoms with E-state index in [-0.39, 0.29) is 5.91 Å². The van der Waals surface area contributed by atoms with E-state index in [0.29, 0.717) is 31.7 Å². The van der Waals surface area contributed by atoms with Crippen LogP contribution in [0.5, 0.6) is 11.5 Å². The highest BCUT2D eigenvalue weighted by atomic mass is 16.5. The monoisotopic (exact) mass is 410 g/mol. The minimum atomic E-state index is -0.00387. The molecule has 2 aromatic heterocycles. The summed E-state index contributed by atoms with van der Waals surface area (Å²) in [6.07, 6.45) is 1.95. The summed E-state index contributed by atoms with van der Waals surface area (Å²) in [6, 6.07) is 7.69. The molecule has 2 heterocycles. The Kier molecular flexibility index (Phi) is 6.92. The fourth-order valence-corrected chi connectivity index (χ4v) is 3.48. The van der Waals surface area contributed by atoms with Crippen LogP contribution in [0.3, 0.4) is 0 Å². The number of methoxy groups -OCH3 is 1. The molecule has 30 heavy (non-hydrogen) atoms. The van der Waals surface area contributed by atoms with Gasteiger partial charge in [-0.25, -0.2) is 9.50 Å². The van der Waals surface area contributed by atoms with Crippen LogP contribution in [0.2, 0.25) is 0 Å². The molecule has 0 fully saturated rings. The van der Waals surface area contributed by atoms with Crippen LogP contribution in [0.4, 0.5) is 0 Å². The fraction of sp³-hybridized carbons (Fsp3) is 0.435. The molecule has 0 saturated heterocycles.